The van der Waals surface area contributed by atoms with E-state index in [1.807, 2.05) is 55.5 Å². The largest absolute Gasteiger partial charge is 0.387 e. The lowest BCUT2D eigenvalue weighted by Crippen LogP contribution is -2.09. The van der Waals surface area contributed by atoms with E-state index >= 15 is 0 Å². The minimum atomic E-state index is -0.796. The van der Waals surface area contributed by atoms with Crippen molar-refractivity contribution in [3.05, 3.63) is 123 Å². The number of aliphatic hydroxyl groups excluding tert-OH is 1. The molecule has 3 rings (SSSR count). The molecule has 0 heterocycles. The second kappa shape index (κ2) is 9.11. The van der Waals surface area contributed by atoms with Gasteiger partial charge < -0.3 is 5.11 Å². The fourth-order valence-corrected chi connectivity index (χ4v) is 3.15. The Kier molecular flexibility index (Phi) is 6.35. The number of hydrogen-bond donors (Lipinski definition) is 1. The van der Waals surface area contributed by atoms with E-state index < -0.39 is 11.0 Å². The second-order valence-electron chi connectivity index (χ2n) is 6.85. The highest BCUT2D eigenvalue weighted by atomic mass is 16.6. The maximum Gasteiger partial charge on any atom is 0.269 e. The van der Waals surface area contributed by atoms with Gasteiger partial charge in [0, 0.05) is 18.1 Å². The highest BCUT2D eigenvalue weighted by Crippen LogP contribution is 2.33. The summed E-state index contributed by atoms with van der Waals surface area (Å²) in [5, 5.41) is 21.9. The van der Waals surface area contributed by atoms with Gasteiger partial charge in [-0.3, -0.25) is 10.1 Å². The molecule has 0 bridgehead atoms. The van der Waals surface area contributed by atoms with Gasteiger partial charge in [0.15, 0.2) is 0 Å². The van der Waals surface area contributed by atoms with E-state index in [4.69, 9.17) is 0 Å². The molecule has 0 amide bonds. The van der Waals surface area contributed by atoms with E-state index in [1.54, 1.807) is 12.1 Å². The van der Waals surface area contributed by atoms with Gasteiger partial charge in [-0.1, -0.05) is 72.3 Å². The number of nitrogens with zero attached hydrogens (tertiary/aromatic N) is 1. The molecule has 0 aliphatic rings. The molecule has 3 aromatic carbocycles. The Hall–Kier alpha value is -3.24. The Labute approximate surface area is 164 Å². The smallest absolute Gasteiger partial charge is 0.269 e. The molecular formula is C24H23NO3. The Morgan fingerprint density at radius 2 is 1.54 bits per heavy atom. The molecule has 0 aromatic heterocycles. The lowest BCUT2D eigenvalue weighted by atomic mass is 9.88. The summed E-state index contributed by atoms with van der Waals surface area (Å²) in [5.41, 5.74) is 4.02. The lowest BCUT2D eigenvalue weighted by molar-refractivity contribution is -0.384. The van der Waals surface area contributed by atoms with Crippen molar-refractivity contribution in [2.75, 3.05) is 0 Å². The van der Waals surface area contributed by atoms with Crippen LogP contribution in [0.1, 0.15) is 34.3 Å². The number of rotatable bonds is 7. The van der Waals surface area contributed by atoms with Crippen molar-refractivity contribution in [3.63, 3.8) is 0 Å². The number of nitro benzene ring substituents is 1. The Morgan fingerprint density at radius 1 is 0.929 bits per heavy atom. The second-order valence-corrected chi connectivity index (χ2v) is 6.85. The molecule has 2 unspecified atom stereocenters. The molecule has 142 valence electrons. The molecule has 4 nitrogen and oxygen atoms in total. The van der Waals surface area contributed by atoms with Crippen LogP contribution >= 0.6 is 0 Å². The maximum atomic E-state index is 11.0. The van der Waals surface area contributed by atoms with Crippen LogP contribution < -0.4 is 0 Å². The van der Waals surface area contributed by atoms with Crippen LogP contribution in [0.2, 0.25) is 0 Å². The van der Waals surface area contributed by atoms with Crippen LogP contribution in [0.3, 0.4) is 0 Å². The number of benzene rings is 3. The maximum absolute atomic E-state index is 11.0. The van der Waals surface area contributed by atoms with Crippen LogP contribution in [0.25, 0.3) is 0 Å². The predicted molar refractivity (Wildman–Crippen MR) is 111 cm³/mol. The third kappa shape index (κ3) is 4.93. The quantitative estimate of drug-likeness (QED) is 0.337. The summed E-state index contributed by atoms with van der Waals surface area (Å²) >= 11 is 0. The molecule has 0 aliphatic carbocycles. The van der Waals surface area contributed by atoms with Gasteiger partial charge >= 0.3 is 0 Å². The average molecular weight is 373 g/mol. The summed E-state index contributed by atoms with van der Waals surface area (Å²) in [6.45, 7) is 2.02. The van der Waals surface area contributed by atoms with Crippen LogP contribution in [0.4, 0.5) is 5.69 Å². The van der Waals surface area contributed by atoms with Gasteiger partial charge in [0.25, 0.3) is 5.69 Å². The van der Waals surface area contributed by atoms with Crippen molar-refractivity contribution in [1.82, 2.24) is 0 Å². The van der Waals surface area contributed by atoms with Gasteiger partial charge in [0.1, 0.15) is 0 Å². The number of aryl methyl sites for hydroxylation is 1. The van der Waals surface area contributed by atoms with E-state index in [0.29, 0.717) is 5.56 Å². The molecule has 0 aliphatic heterocycles. The zero-order valence-electron chi connectivity index (χ0n) is 15.7. The van der Waals surface area contributed by atoms with Crippen LogP contribution in [-0.4, -0.2) is 10.0 Å². The first-order valence-electron chi connectivity index (χ1n) is 9.24. The summed E-state index contributed by atoms with van der Waals surface area (Å²) in [4.78, 5) is 10.4. The Morgan fingerprint density at radius 3 is 2.14 bits per heavy atom. The van der Waals surface area contributed by atoms with Crippen molar-refractivity contribution in [1.29, 1.82) is 0 Å². The van der Waals surface area contributed by atoms with Gasteiger partial charge in [0.05, 0.1) is 11.0 Å². The van der Waals surface area contributed by atoms with Crippen molar-refractivity contribution in [2.45, 2.75) is 25.4 Å². The third-order valence-electron chi connectivity index (χ3n) is 4.79. The molecule has 4 heteroatoms. The zero-order valence-corrected chi connectivity index (χ0v) is 15.7. The molecule has 28 heavy (non-hydrogen) atoms. The SMILES string of the molecule is Cc1ccc(C(/C=C\Cc2ccccc2)C(O)c2ccc([N+](=O)[O-])cc2)cc1. The van der Waals surface area contributed by atoms with E-state index in [1.165, 1.54) is 17.7 Å². The Bertz CT molecular complexity index is 932. The molecule has 0 fully saturated rings. The van der Waals surface area contributed by atoms with Gasteiger partial charge in [-0.2, -0.15) is 0 Å². The molecular weight excluding hydrogens is 350 g/mol. The number of non-ortho nitro benzene ring substituents is 1. The number of aliphatic hydroxyl groups is 1. The van der Waals surface area contributed by atoms with E-state index in [2.05, 4.69) is 18.2 Å². The summed E-state index contributed by atoms with van der Waals surface area (Å²) in [6, 6.07) is 24.3. The fourth-order valence-electron chi connectivity index (χ4n) is 3.15. The van der Waals surface area contributed by atoms with Gasteiger partial charge in [-0.05, 0) is 42.2 Å². The minimum Gasteiger partial charge on any atom is -0.387 e. The highest BCUT2D eigenvalue weighted by molar-refractivity contribution is 5.37. The summed E-state index contributed by atoms with van der Waals surface area (Å²) in [6.07, 6.45) is 4.06. The predicted octanol–water partition coefficient (Wildman–Crippen LogP) is 5.52. The normalized spacial score (nSPS) is 13.4. The summed E-state index contributed by atoms with van der Waals surface area (Å²) < 4.78 is 0. The first-order chi connectivity index (χ1) is 13.5. The van der Waals surface area contributed by atoms with Crippen molar-refractivity contribution in [3.8, 4) is 0 Å². The van der Waals surface area contributed by atoms with Crippen LogP contribution in [0.15, 0.2) is 91.0 Å². The van der Waals surface area contributed by atoms with Gasteiger partial charge in [-0.15, -0.1) is 0 Å². The minimum absolute atomic E-state index is 0.0162. The molecule has 0 saturated carbocycles. The first kappa shape index (κ1) is 19.5. The van der Waals surface area contributed by atoms with Crippen LogP contribution in [-0.2, 0) is 6.42 Å². The molecule has 3 aromatic rings. The standard InChI is InChI=1S/C24H23NO3/c1-18-10-12-20(13-11-18)23(9-5-8-19-6-3-2-4-7-19)24(26)21-14-16-22(17-15-21)25(27)28/h2-7,9-17,23-24,26H,8H2,1H3/b9-5-. The number of hydrogen-bond acceptors (Lipinski definition) is 3. The summed E-state index contributed by atoms with van der Waals surface area (Å²) in [5.74, 6) is -0.245. The van der Waals surface area contributed by atoms with Crippen LogP contribution in [0.5, 0.6) is 0 Å². The zero-order chi connectivity index (χ0) is 19.9. The molecule has 0 radical (unpaired) electrons. The van der Waals surface area contributed by atoms with Gasteiger partial charge in [0.2, 0.25) is 0 Å². The molecule has 2 atom stereocenters. The van der Waals surface area contributed by atoms with E-state index in [0.717, 1.165) is 17.5 Å². The van der Waals surface area contributed by atoms with E-state index in [9.17, 15) is 15.2 Å². The molecule has 0 spiro atoms. The van der Waals surface area contributed by atoms with Gasteiger partial charge in [-0.25, -0.2) is 0 Å². The monoisotopic (exact) mass is 373 g/mol. The third-order valence-corrected chi connectivity index (χ3v) is 4.79. The lowest BCUT2D eigenvalue weighted by Gasteiger charge is -2.21. The number of nitro groups is 1. The molecule has 1 N–H and O–H groups in total. The average Bonchev–Trinajstić information content (AvgIpc) is 2.72. The van der Waals surface area contributed by atoms with Crippen molar-refractivity contribution >= 4 is 5.69 Å². The first-order valence-corrected chi connectivity index (χ1v) is 9.24. The fraction of sp³-hybridized carbons (Fsp3) is 0.167. The Balaban J connectivity index is 1.86. The molecule has 0 saturated heterocycles. The van der Waals surface area contributed by atoms with Crippen molar-refractivity contribution < 1.29 is 10.0 Å². The van der Waals surface area contributed by atoms with Crippen LogP contribution in [0, 0.1) is 17.0 Å². The van der Waals surface area contributed by atoms with Crippen molar-refractivity contribution in [2.24, 2.45) is 0 Å². The highest BCUT2D eigenvalue weighted by Gasteiger charge is 2.21. The van der Waals surface area contributed by atoms with E-state index in [-0.39, 0.29) is 11.6 Å². The number of allylic oxidation sites excluding steroid dienone is 1. The summed E-state index contributed by atoms with van der Waals surface area (Å²) in [7, 11) is 0. The topological polar surface area (TPSA) is 63.4 Å².